The number of para-hydroxylation sites is 1. The number of hydrogen-bond acceptors (Lipinski definition) is 4. The first-order valence-corrected chi connectivity index (χ1v) is 9.51. The van der Waals surface area contributed by atoms with Crippen LogP contribution in [0.3, 0.4) is 0 Å². The van der Waals surface area contributed by atoms with E-state index >= 15 is 0 Å². The minimum Gasteiger partial charge on any atom is -0.329 e. The molecule has 0 aliphatic carbocycles. The topological polar surface area (TPSA) is 54.9 Å². The molecule has 2 heterocycles. The zero-order valence-electron chi connectivity index (χ0n) is 11.0. The van der Waals surface area contributed by atoms with Gasteiger partial charge in [-0.15, -0.1) is 11.3 Å². The summed E-state index contributed by atoms with van der Waals surface area (Å²) < 4.78 is 26.8. The van der Waals surface area contributed by atoms with Gasteiger partial charge in [0.1, 0.15) is 0 Å². The zero-order chi connectivity index (χ0) is 15.2. The number of nitrogens with zero attached hydrogens (tertiary/aromatic N) is 1. The van der Waals surface area contributed by atoms with Crippen molar-refractivity contribution in [3.05, 3.63) is 44.3 Å². The number of hydrogen-bond donors (Lipinski definition) is 1. The monoisotopic (exact) mass is 358 g/mol. The standard InChI is InChI=1S/C13H11ClN2O2S3/c1-21(17,18)10-4-2-3-9-12(10)15-13(19)16(9)7-8-5-6-11(14)20-8/h2-6H,7H2,1H3,(H,15,19). The van der Waals surface area contributed by atoms with Crippen molar-refractivity contribution in [1.82, 2.24) is 9.55 Å². The number of nitrogens with one attached hydrogen (secondary N) is 1. The molecule has 0 aliphatic rings. The van der Waals surface area contributed by atoms with Crippen molar-refractivity contribution in [2.45, 2.75) is 11.4 Å². The van der Waals surface area contributed by atoms with Crippen LogP contribution in [0.15, 0.2) is 35.2 Å². The van der Waals surface area contributed by atoms with Crippen LogP contribution >= 0.6 is 35.2 Å². The van der Waals surface area contributed by atoms with Gasteiger partial charge in [-0.25, -0.2) is 8.42 Å². The Morgan fingerprint density at radius 2 is 2.10 bits per heavy atom. The lowest BCUT2D eigenvalue weighted by atomic mass is 10.3. The molecule has 0 radical (unpaired) electrons. The highest BCUT2D eigenvalue weighted by atomic mass is 35.5. The van der Waals surface area contributed by atoms with Crippen LogP contribution in [0.5, 0.6) is 0 Å². The van der Waals surface area contributed by atoms with Crippen molar-refractivity contribution >= 4 is 56.0 Å². The SMILES string of the molecule is CS(=O)(=O)c1cccc2c1[nH]c(=S)n2Cc1ccc(Cl)s1. The first kappa shape index (κ1) is 14.8. The zero-order valence-corrected chi connectivity index (χ0v) is 14.2. The van der Waals surface area contributed by atoms with E-state index in [4.69, 9.17) is 23.8 Å². The summed E-state index contributed by atoms with van der Waals surface area (Å²) in [5.74, 6) is 0. The summed E-state index contributed by atoms with van der Waals surface area (Å²) >= 11 is 12.7. The van der Waals surface area contributed by atoms with E-state index < -0.39 is 9.84 Å². The third-order valence-electron chi connectivity index (χ3n) is 3.11. The largest absolute Gasteiger partial charge is 0.329 e. The van der Waals surface area contributed by atoms with E-state index in [2.05, 4.69) is 4.98 Å². The van der Waals surface area contributed by atoms with Gasteiger partial charge in [-0.2, -0.15) is 0 Å². The molecule has 0 amide bonds. The number of rotatable bonds is 3. The molecular weight excluding hydrogens is 348 g/mol. The second-order valence-corrected chi connectivity index (χ2v) is 8.82. The van der Waals surface area contributed by atoms with Gasteiger partial charge in [0.05, 0.1) is 26.8 Å². The smallest absolute Gasteiger partial charge is 0.178 e. The number of halogens is 1. The minimum absolute atomic E-state index is 0.258. The van der Waals surface area contributed by atoms with Crippen LogP contribution < -0.4 is 0 Å². The normalized spacial score (nSPS) is 12.1. The summed E-state index contributed by atoms with van der Waals surface area (Å²) in [7, 11) is -3.31. The van der Waals surface area contributed by atoms with Crippen LogP contribution in [-0.4, -0.2) is 24.2 Å². The second-order valence-electron chi connectivity index (χ2n) is 4.64. The lowest BCUT2D eigenvalue weighted by Gasteiger charge is -2.04. The molecule has 2 aromatic heterocycles. The molecular formula is C13H11ClN2O2S3. The number of aromatic amines is 1. The Balaban J connectivity index is 2.21. The second kappa shape index (κ2) is 5.24. The highest BCUT2D eigenvalue weighted by Crippen LogP contribution is 2.26. The molecule has 0 atom stereocenters. The fourth-order valence-corrected chi connectivity index (χ4v) is 4.41. The highest BCUT2D eigenvalue weighted by molar-refractivity contribution is 7.91. The van der Waals surface area contributed by atoms with Gasteiger partial charge in [0.25, 0.3) is 0 Å². The van der Waals surface area contributed by atoms with Crippen molar-refractivity contribution in [3.8, 4) is 0 Å². The first-order chi connectivity index (χ1) is 9.86. The van der Waals surface area contributed by atoms with Gasteiger partial charge >= 0.3 is 0 Å². The van der Waals surface area contributed by atoms with Gasteiger partial charge in [0, 0.05) is 11.1 Å². The van der Waals surface area contributed by atoms with Crippen LogP contribution in [-0.2, 0) is 16.4 Å². The fourth-order valence-electron chi connectivity index (χ4n) is 2.21. The fraction of sp³-hybridized carbons (Fsp3) is 0.154. The molecule has 0 unspecified atom stereocenters. The van der Waals surface area contributed by atoms with E-state index in [9.17, 15) is 8.42 Å². The highest BCUT2D eigenvalue weighted by Gasteiger charge is 2.15. The molecule has 110 valence electrons. The Labute approximate surface area is 135 Å². The van der Waals surface area contributed by atoms with E-state index in [1.165, 1.54) is 17.6 Å². The average molecular weight is 359 g/mol. The molecule has 0 saturated carbocycles. The van der Waals surface area contributed by atoms with Crippen molar-refractivity contribution in [2.75, 3.05) is 6.26 Å². The predicted molar refractivity (Wildman–Crippen MR) is 88.7 cm³/mol. The van der Waals surface area contributed by atoms with Crippen LogP contribution in [0.1, 0.15) is 4.88 Å². The Hall–Kier alpha value is -1.15. The van der Waals surface area contributed by atoms with Crippen molar-refractivity contribution in [2.24, 2.45) is 0 Å². The maximum Gasteiger partial charge on any atom is 0.178 e. The van der Waals surface area contributed by atoms with Gasteiger partial charge in [-0.05, 0) is 36.5 Å². The first-order valence-electron chi connectivity index (χ1n) is 6.02. The average Bonchev–Trinajstić information content (AvgIpc) is 2.93. The molecule has 0 aliphatic heterocycles. The lowest BCUT2D eigenvalue weighted by molar-refractivity contribution is 0.602. The molecule has 1 aromatic carbocycles. The maximum atomic E-state index is 11.9. The van der Waals surface area contributed by atoms with E-state index in [0.717, 1.165) is 10.4 Å². The number of thiophene rings is 1. The number of fused-ring (bicyclic) bond motifs is 1. The van der Waals surface area contributed by atoms with Gasteiger partial charge in [-0.3, -0.25) is 0 Å². The lowest BCUT2D eigenvalue weighted by Crippen LogP contribution is -2.00. The van der Waals surface area contributed by atoms with Gasteiger partial charge in [-0.1, -0.05) is 17.7 Å². The van der Waals surface area contributed by atoms with E-state index in [1.807, 2.05) is 22.8 Å². The quantitative estimate of drug-likeness (QED) is 0.723. The number of H-pyrrole nitrogens is 1. The number of aromatic nitrogens is 2. The molecule has 1 N–H and O–H groups in total. The van der Waals surface area contributed by atoms with Crippen molar-refractivity contribution < 1.29 is 8.42 Å². The molecule has 0 saturated heterocycles. The molecule has 3 rings (SSSR count). The molecule has 8 heteroatoms. The molecule has 0 fully saturated rings. The van der Waals surface area contributed by atoms with E-state index in [1.54, 1.807) is 12.1 Å². The molecule has 3 aromatic rings. The van der Waals surface area contributed by atoms with Crippen molar-refractivity contribution in [1.29, 1.82) is 0 Å². The summed E-state index contributed by atoms with van der Waals surface area (Å²) in [6, 6.07) is 8.93. The van der Waals surface area contributed by atoms with E-state index in [-0.39, 0.29) is 4.90 Å². The number of sulfone groups is 1. The number of imidazole rings is 1. The van der Waals surface area contributed by atoms with Crippen LogP contribution in [0.25, 0.3) is 11.0 Å². The summed E-state index contributed by atoms with van der Waals surface area (Å²) in [6.45, 7) is 0.559. The van der Waals surface area contributed by atoms with E-state index in [0.29, 0.717) is 21.2 Å². The van der Waals surface area contributed by atoms with Crippen molar-refractivity contribution in [3.63, 3.8) is 0 Å². The summed E-state index contributed by atoms with van der Waals surface area (Å²) in [5.41, 5.74) is 1.32. The third-order valence-corrected chi connectivity index (χ3v) is 5.79. The predicted octanol–water partition coefficient (Wildman–Crippen LogP) is 3.87. The summed E-state index contributed by atoms with van der Waals surface area (Å²) in [6.07, 6.45) is 1.19. The maximum absolute atomic E-state index is 11.9. The third kappa shape index (κ3) is 2.78. The molecule has 0 bridgehead atoms. The van der Waals surface area contributed by atoms with Crippen LogP contribution in [0.2, 0.25) is 4.34 Å². The Morgan fingerprint density at radius 3 is 2.71 bits per heavy atom. The minimum atomic E-state index is -3.31. The summed E-state index contributed by atoms with van der Waals surface area (Å²) in [4.78, 5) is 4.32. The van der Waals surface area contributed by atoms with Crippen LogP contribution in [0, 0.1) is 4.77 Å². The van der Waals surface area contributed by atoms with Gasteiger partial charge in [0.2, 0.25) is 0 Å². The summed E-state index contributed by atoms with van der Waals surface area (Å²) in [5, 5.41) is 0. The van der Waals surface area contributed by atoms with Gasteiger partial charge < -0.3 is 9.55 Å². The molecule has 0 spiro atoms. The molecule has 21 heavy (non-hydrogen) atoms. The number of benzene rings is 1. The Kier molecular flexibility index (Phi) is 3.69. The Morgan fingerprint density at radius 1 is 1.33 bits per heavy atom. The van der Waals surface area contributed by atoms with Gasteiger partial charge in [0.15, 0.2) is 14.6 Å². The molecule has 4 nitrogen and oxygen atoms in total. The van der Waals surface area contributed by atoms with Crippen LogP contribution in [0.4, 0.5) is 0 Å². The Bertz CT molecular complexity index is 982.